The second-order valence-electron chi connectivity index (χ2n) is 4.99. The van der Waals surface area contributed by atoms with Gasteiger partial charge in [-0.15, -0.1) is 0 Å². The Labute approximate surface area is 122 Å². The number of hydrogen-bond donors (Lipinski definition) is 1. The van der Waals surface area contributed by atoms with E-state index in [2.05, 4.69) is 4.99 Å². The molecule has 0 atom stereocenters. The number of aliphatic imine (C=N–C) groups is 1. The van der Waals surface area contributed by atoms with Gasteiger partial charge in [-0.2, -0.15) is 0 Å². The lowest BCUT2D eigenvalue weighted by Crippen LogP contribution is -1.91. The minimum Gasteiger partial charge on any atom is -0.507 e. The van der Waals surface area contributed by atoms with E-state index in [0.717, 1.165) is 16.7 Å². The van der Waals surface area contributed by atoms with Gasteiger partial charge in [0.05, 0.1) is 10.6 Å². The Bertz CT molecular complexity index is 713. The van der Waals surface area contributed by atoms with E-state index in [1.807, 2.05) is 26.0 Å². The Balaban J connectivity index is 2.34. The number of benzene rings is 2. The van der Waals surface area contributed by atoms with Gasteiger partial charge < -0.3 is 5.11 Å². The molecule has 0 aromatic heterocycles. The van der Waals surface area contributed by atoms with Crippen molar-refractivity contribution in [2.45, 2.75) is 20.8 Å². The first-order valence-electron chi connectivity index (χ1n) is 6.48. The lowest BCUT2D eigenvalue weighted by atomic mass is 10.1. The van der Waals surface area contributed by atoms with E-state index in [-0.39, 0.29) is 11.4 Å². The maximum atomic E-state index is 10.9. The summed E-state index contributed by atoms with van der Waals surface area (Å²) in [4.78, 5) is 14.7. The van der Waals surface area contributed by atoms with E-state index in [1.165, 1.54) is 6.07 Å². The van der Waals surface area contributed by atoms with Gasteiger partial charge in [0.25, 0.3) is 5.69 Å². The molecule has 5 heteroatoms. The van der Waals surface area contributed by atoms with Gasteiger partial charge >= 0.3 is 0 Å². The predicted octanol–water partition coefficient (Wildman–Crippen LogP) is 3.98. The highest BCUT2D eigenvalue weighted by molar-refractivity contribution is 5.83. The van der Waals surface area contributed by atoms with E-state index in [9.17, 15) is 15.2 Å². The van der Waals surface area contributed by atoms with Crippen molar-refractivity contribution in [2.75, 3.05) is 0 Å². The van der Waals surface area contributed by atoms with Crippen LogP contribution in [0.2, 0.25) is 0 Å². The highest BCUT2D eigenvalue weighted by Gasteiger charge is 2.10. The number of aryl methyl sites for hydroxylation is 3. The van der Waals surface area contributed by atoms with E-state index in [0.29, 0.717) is 11.3 Å². The third-order valence-corrected chi connectivity index (χ3v) is 3.27. The summed E-state index contributed by atoms with van der Waals surface area (Å²) in [5.74, 6) is 0.276. The summed E-state index contributed by atoms with van der Waals surface area (Å²) >= 11 is 0. The van der Waals surface area contributed by atoms with Crippen LogP contribution in [0.5, 0.6) is 5.75 Å². The molecule has 0 unspecified atom stereocenters. The van der Waals surface area contributed by atoms with Crippen molar-refractivity contribution >= 4 is 17.6 Å². The molecule has 0 spiro atoms. The molecule has 0 fully saturated rings. The number of nitro benzene ring substituents is 1. The third kappa shape index (κ3) is 3.25. The van der Waals surface area contributed by atoms with Crippen molar-refractivity contribution in [3.05, 3.63) is 62.7 Å². The third-order valence-electron chi connectivity index (χ3n) is 3.27. The molecule has 0 heterocycles. The molecular formula is C16H16N2O3. The van der Waals surface area contributed by atoms with Gasteiger partial charge in [-0.25, -0.2) is 0 Å². The smallest absolute Gasteiger partial charge is 0.274 e. The maximum absolute atomic E-state index is 10.9. The molecule has 0 saturated carbocycles. The Morgan fingerprint density at radius 1 is 1.10 bits per heavy atom. The number of nitro groups is 1. The summed E-state index contributed by atoms with van der Waals surface area (Å²) < 4.78 is 0. The maximum Gasteiger partial charge on any atom is 0.274 e. The molecule has 5 nitrogen and oxygen atoms in total. The summed E-state index contributed by atoms with van der Waals surface area (Å²) in [5.41, 5.74) is 3.57. The molecule has 0 radical (unpaired) electrons. The molecule has 0 bridgehead atoms. The zero-order valence-corrected chi connectivity index (χ0v) is 12.1. The topological polar surface area (TPSA) is 75.7 Å². The lowest BCUT2D eigenvalue weighted by molar-refractivity contribution is -0.385. The average Bonchev–Trinajstić information content (AvgIpc) is 2.43. The summed E-state index contributed by atoms with van der Waals surface area (Å²) in [6, 6.07) is 8.49. The van der Waals surface area contributed by atoms with Crippen LogP contribution in [0.25, 0.3) is 0 Å². The highest BCUT2D eigenvalue weighted by atomic mass is 16.6. The van der Waals surface area contributed by atoms with Crippen LogP contribution in [0, 0.1) is 30.9 Å². The second-order valence-corrected chi connectivity index (χ2v) is 4.99. The number of rotatable bonds is 3. The molecule has 2 aromatic rings. The largest absolute Gasteiger partial charge is 0.507 e. The fourth-order valence-corrected chi connectivity index (χ4v) is 2.09. The van der Waals surface area contributed by atoms with E-state index < -0.39 is 4.92 Å². The molecule has 0 aliphatic carbocycles. The first-order valence-corrected chi connectivity index (χ1v) is 6.48. The van der Waals surface area contributed by atoms with Crippen molar-refractivity contribution in [3.8, 4) is 5.75 Å². The number of hydrogen-bond acceptors (Lipinski definition) is 4. The van der Waals surface area contributed by atoms with Gasteiger partial charge in [0.1, 0.15) is 5.75 Å². The van der Waals surface area contributed by atoms with Crippen LogP contribution in [0.3, 0.4) is 0 Å². The van der Waals surface area contributed by atoms with E-state index in [1.54, 1.807) is 25.3 Å². The van der Waals surface area contributed by atoms with Crippen molar-refractivity contribution in [3.63, 3.8) is 0 Å². The highest BCUT2D eigenvalue weighted by Crippen LogP contribution is 2.25. The van der Waals surface area contributed by atoms with Crippen LogP contribution in [0.4, 0.5) is 11.4 Å². The summed E-state index contributed by atoms with van der Waals surface area (Å²) in [5, 5.41) is 20.6. The molecule has 108 valence electrons. The SMILES string of the molecule is Cc1ccc(N=Cc2cc(C)c(O)c(C)c2)cc1[N+](=O)[O-]. The van der Waals surface area contributed by atoms with Crippen LogP contribution in [-0.2, 0) is 0 Å². The summed E-state index contributed by atoms with van der Waals surface area (Å²) in [6.07, 6.45) is 1.63. The standard InChI is InChI=1S/C16H16N2O3/c1-10-4-5-14(8-15(10)18(20)21)17-9-13-6-11(2)16(19)12(3)7-13/h4-9,19H,1-3H3. The van der Waals surface area contributed by atoms with Gasteiger partial charge in [-0.1, -0.05) is 6.07 Å². The van der Waals surface area contributed by atoms with Gasteiger partial charge in [-0.05, 0) is 55.7 Å². The minimum absolute atomic E-state index is 0.0581. The first kappa shape index (κ1) is 14.7. The molecule has 0 aliphatic heterocycles. The molecule has 2 rings (SSSR count). The molecular weight excluding hydrogens is 268 g/mol. The second kappa shape index (κ2) is 5.75. The van der Waals surface area contributed by atoms with E-state index in [4.69, 9.17) is 0 Å². The molecule has 1 N–H and O–H groups in total. The lowest BCUT2D eigenvalue weighted by Gasteiger charge is -2.04. The van der Waals surface area contributed by atoms with Crippen molar-refractivity contribution in [1.29, 1.82) is 0 Å². The Kier molecular flexibility index (Phi) is 4.03. The van der Waals surface area contributed by atoms with Gasteiger partial charge in [0, 0.05) is 17.8 Å². The molecule has 21 heavy (non-hydrogen) atoms. The van der Waals surface area contributed by atoms with Crippen molar-refractivity contribution in [2.24, 2.45) is 4.99 Å². The molecule has 0 aliphatic rings. The van der Waals surface area contributed by atoms with Crippen LogP contribution in [0.15, 0.2) is 35.3 Å². The number of phenolic OH excluding ortho intramolecular Hbond substituents is 1. The van der Waals surface area contributed by atoms with Gasteiger partial charge in [0.15, 0.2) is 0 Å². The monoisotopic (exact) mass is 284 g/mol. The first-order chi connectivity index (χ1) is 9.88. The van der Waals surface area contributed by atoms with Crippen LogP contribution >= 0.6 is 0 Å². The van der Waals surface area contributed by atoms with Crippen LogP contribution in [-0.4, -0.2) is 16.2 Å². The zero-order valence-electron chi connectivity index (χ0n) is 12.1. The molecule has 2 aromatic carbocycles. The minimum atomic E-state index is -0.413. The van der Waals surface area contributed by atoms with Crippen molar-refractivity contribution in [1.82, 2.24) is 0 Å². The number of aromatic hydroxyl groups is 1. The molecule has 0 amide bonds. The van der Waals surface area contributed by atoms with Gasteiger partial charge in [-0.3, -0.25) is 15.1 Å². The van der Waals surface area contributed by atoms with Gasteiger partial charge in [0.2, 0.25) is 0 Å². The normalized spacial score (nSPS) is 11.0. The van der Waals surface area contributed by atoms with Crippen LogP contribution < -0.4 is 0 Å². The quantitative estimate of drug-likeness (QED) is 0.526. The molecule has 0 saturated heterocycles. The fraction of sp³-hybridized carbons (Fsp3) is 0.188. The fourth-order valence-electron chi connectivity index (χ4n) is 2.09. The number of phenols is 1. The van der Waals surface area contributed by atoms with Crippen LogP contribution in [0.1, 0.15) is 22.3 Å². The summed E-state index contributed by atoms with van der Waals surface area (Å²) in [6.45, 7) is 5.32. The Morgan fingerprint density at radius 3 is 2.29 bits per heavy atom. The average molecular weight is 284 g/mol. The van der Waals surface area contributed by atoms with E-state index >= 15 is 0 Å². The van der Waals surface area contributed by atoms with Crippen molar-refractivity contribution < 1.29 is 10.0 Å². The Morgan fingerprint density at radius 2 is 1.71 bits per heavy atom. The zero-order chi connectivity index (χ0) is 15.6. The summed E-state index contributed by atoms with van der Waals surface area (Å²) in [7, 11) is 0. The Hall–Kier alpha value is -2.69. The predicted molar refractivity (Wildman–Crippen MR) is 82.7 cm³/mol. The number of nitrogens with zero attached hydrogens (tertiary/aromatic N) is 2.